The number of aromatic nitrogens is 3. The third kappa shape index (κ3) is 2.60. The zero-order valence-corrected chi connectivity index (χ0v) is 12.3. The first-order chi connectivity index (χ1) is 9.88. The van der Waals surface area contributed by atoms with E-state index in [0.29, 0.717) is 0 Å². The van der Waals surface area contributed by atoms with Crippen molar-refractivity contribution in [2.45, 2.75) is 5.33 Å². The fourth-order valence-corrected chi connectivity index (χ4v) is 2.36. The zero-order valence-electron chi connectivity index (χ0n) is 10.7. The van der Waals surface area contributed by atoms with E-state index in [0.717, 1.165) is 33.4 Å². The Morgan fingerprint density at radius 1 is 0.850 bits per heavy atom. The predicted molar refractivity (Wildman–Crippen MR) is 83.3 cm³/mol. The summed E-state index contributed by atoms with van der Waals surface area (Å²) in [6.07, 6.45) is 7.22. The molecule has 3 aromatic rings. The second kappa shape index (κ2) is 5.92. The molecular formula is C16H12BrN3. The first-order valence-corrected chi connectivity index (χ1v) is 7.37. The van der Waals surface area contributed by atoms with Gasteiger partial charge in [-0.05, 0) is 24.3 Å². The third-order valence-electron chi connectivity index (χ3n) is 3.00. The van der Waals surface area contributed by atoms with Crippen molar-refractivity contribution >= 4 is 15.9 Å². The molecule has 0 fully saturated rings. The largest absolute Gasteiger partial charge is 0.264 e. The molecule has 0 atom stereocenters. The molecule has 0 bridgehead atoms. The van der Waals surface area contributed by atoms with Gasteiger partial charge in [-0.1, -0.05) is 28.1 Å². The molecular weight excluding hydrogens is 314 g/mol. The highest BCUT2D eigenvalue weighted by molar-refractivity contribution is 9.08. The van der Waals surface area contributed by atoms with Gasteiger partial charge in [0.1, 0.15) is 0 Å². The standard InChI is InChI=1S/C16H12BrN3/c17-9-14-5-6-15(12-3-1-7-18-10-12)16(20-14)13-4-2-8-19-11-13/h1-8,10-11H,9H2. The maximum atomic E-state index is 4.72. The van der Waals surface area contributed by atoms with Gasteiger partial charge in [-0.15, -0.1) is 0 Å². The number of rotatable bonds is 3. The summed E-state index contributed by atoms with van der Waals surface area (Å²) in [7, 11) is 0. The number of alkyl halides is 1. The van der Waals surface area contributed by atoms with Crippen molar-refractivity contribution in [3.05, 3.63) is 66.9 Å². The first kappa shape index (κ1) is 12.9. The average Bonchev–Trinajstić information content (AvgIpc) is 2.56. The molecule has 0 aromatic carbocycles. The Morgan fingerprint density at radius 2 is 1.55 bits per heavy atom. The highest BCUT2D eigenvalue weighted by atomic mass is 79.9. The van der Waals surface area contributed by atoms with Crippen LogP contribution in [0.2, 0.25) is 0 Å². The van der Waals surface area contributed by atoms with Crippen molar-refractivity contribution in [2.24, 2.45) is 0 Å². The molecule has 0 aliphatic heterocycles. The third-order valence-corrected chi connectivity index (χ3v) is 3.57. The van der Waals surface area contributed by atoms with Gasteiger partial charge in [0.25, 0.3) is 0 Å². The number of pyridine rings is 3. The molecule has 0 saturated carbocycles. The molecule has 0 radical (unpaired) electrons. The molecule has 0 spiro atoms. The zero-order chi connectivity index (χ0) is 13.8. The van der Waals surface area contributed by atoms with Crippen LogP contribution >= 0.6 is 15.9 Å². The highest BCUT2D eigenvalue weighted by Crippen LogP contribution is 2.30. The van der Waals surface area contributed by atoms with Crippen molar-refractivity contribution in [3.63, 3.8) is 0 Å². The highest BCUT2D eigenvalue weighted by Gasteiger charge is 2.10. The van der Waals surface area contributed by atoms with Gasteiger partial charge in [-0.3, -0.25) is 15.0 Å². The van der Waals surface area contributed by atoms with Crippen LogP contribution in [0.5, 0.6) is 0 Å². The summed E-state index contributed by atoms with van der Waals surface area (Å²) in [6.45, 7) is 0. The van der Waals surface area contributed by atoms with E-state index in [1.165, 1.54) is 0 Å². The van der Waals surface area contributed by atoms with E-state index in [1.54, 1.807) is 12.4 Å². The molecule has 3 rings (SSSR count). The summed E-state index contributed by atoms with van der Waals surface area (Å²) in [6, 6.07) is 12.0. The lowest BCUT2D eigenvalue weighted by molar-refractivity contribution is 1.18. The molecule has 0 aliphatic rings. The van der Waals surface area contributed by atoms with E-state index in [9.17, 15) is 0 Å². The maximum Gasteiger partial charge on any atom is 0.0800 e. The summed E-state index contributed by atoms with van der Waals surface area (Å²) in [5.41, 5.74) is 5.06. The molecule has 98 valence electrons. The molecule has 3 nitrogen and oxygen atoms in total. The Balaban J connectivity index is 2.20. The Morgan fingerprint density at radius 3 is 2.15 bits per heavy atom. The number of halogens is 1. The minimum atomic E-state index is 0.730. The number of nitrogens with zero attached hydrogens (tertiary/aromatic N) is 3. The van der Waals surface area contributed by atoms with Crippen LogP contribution in [0.1, 0.15) is 5.69 Å². The van der Waals surface area contributed by atoms with Crippen LogP contribution in [-0.2, 0) is 5.33 Å². The van der Waals surface area contributed by atoms with Gasteiger partial charge in [0.2, 0.25) is 0 Å². The molecule has 0 unspecified atom stereocenters. The van der Waals surface area contributed by atoms with Gasteiger partial charge in [-0.2, -0.15) is 0 Å². The Hall–Kier alpha value is -2.07. The van der Waals surface area contributed by atoms with Crippen LogP contribution < -0.4 is 0 Å². The summed E-state index contributed by atoms with van der Waals surface area (Å²) in [5, 5.41) is 0.730. The lowest BCUT2D eigenvalue weighted by atomic mass is 10.0. The fourth-order valence-electron chi connectivity index (χ4n) is 2.05. The van der Waals surface area contributed by atoms with E-state index in [-0.39, 0.29) is 0 Å². The Kier molecular flexibility index (Phi) is 3.83. The molecule has 0 amide bonds. The van der Waals surface area contributed by atoms with E-state index in [4.69, 9.17) is 4.98 Å². The van der Waals surface area contributed by atoms with Crippen molar-refractivity contribution in [3.8, 4) is 22.4 Å². The lowest BCUT2D eigenvalue weighted by Crippen LogP contribution is -1.94. The molecule has 20 heavy (non-hydrogen) atoms. The van der Waals surface area contributed by atoms with E-state index in [2.05, 4.69) is 32.0 Å². The van der Waals surface area contributed by atoms with Gasteiger partial charge in [-0.25, -0.2) is 0 Å². The van der Waals surface area contributed by atoms with Crippen molar-refractivity contribution in [2.75, 3.05) is 0 Å². The molecule has 0 saturated heterocycles. The normalized spacial score (nSPS) is 10.4. The van der Waals surface area contributed by atoms with Crippen LogP contribution in [0.4, 0.5) is 0 Å². The Labute approximate surface area is 125 Å². The second-order valence-electron chi connectivity index (χ2n) is 4.32. The topological polar surface area (TPSA) is 38.7 Å². The summed E-state index contributed by atoms with van der Waals surface area (Å²) < 4.78 is 0. The van der Waals surface area contributed by atoms with Crippen molar-refractivity contribution in [1.82, 2.24) is 15.0 Å². The Bertz CT molecular complexity index is 699. The first-order valence-electron chi connectivity index (χ1n) is 6.25. The van der Waals surface area contributed by atoms with Gasteiger partial charge in [0.05, 0.1) is 11.4 Å². The van der Waals surface area contributed by atoms with Gasteiger partial charge < -0.3 is 0 Å². The van der Waals surface area contributed by atoms with E-state index in [1.807, 2.05) is 42.7 Å². The van der Waals surface area contributed by atoms with Gasteiger partial charge in [0.15, 0.2) is 0 Å². The predicted octanol–water partition coefficient (Wildman–Crippen LogP) is 4.10. The van der Waals surface area contributed by atoms with E-state index >= 15 is 0 Å². The molecule has 4 heteroatoms. The van der Waals surface area contributed by atoms with Gasteiger partial charge >= 0.3 is 0 Å². The average molecular weight is 326 g/mol. The SMILES string of the molecule is BrCc1ccc(-c2cccnc2)c(-c2cccnc2)n1. The minimum absolute atomic E-state index is 0.730. The summed E-state index contributed by atoms with van der Waals surface area (Å²) in [4.78, 5) is 13.1. The van der Waals surface area contributed by atoms with Crippen molar-refractivity contribution in [1.29, 1.82) is 0 Å². The molecule has 3 aromatic heterocycles. The van der Waals surface area contributed by atoms with Crippen LogP contribution in [0, 0.1) is 0 Å². The van der Waals surface area contributed by atoms with Crippen LogP contribution in [0.15, 0.2) is 61.2 Å². The number of hydrogen-bond donors (Lipinski definition) is 0. The van der Waals surface area contributed by atoms with E-state index < -0.39 is 0 Å². The molecule has 0 aliphatic carbocycles. The minimum Gasteiger partial charge on any atom is -0.264 e. The summed E-state index contributed by atoms with van der Waals surface area (Å²) >= 11 is 3.45. The monoisotopic (exact) mass is 325 g/mol. The maximum absolute atomic E-state index is 4.72. The van der Waals surface area contributed by atoms with Crippen molar-refractivity contribution < 1.29 is 0 Å². The lowest BCUT2D eigenvalue weighted by Gasteiger charge is -2.10. The smallest absolute Gasteiger partial charge is 0.0800 e. The van der Waals surface area contributed by atoms with Crippen LogP contribution in [0.3, 0.4) is 0 Å². The molecule has 0 N–H and O–H groups in total. The van der Waals surface area contributed by atoms with Crippen LogP contribution in [-0.4, -0.2) is 15.0 Å². The molecule has 3 heterocycles. The second-order valence-corrected chi connectivity index (χ2v) is 4.88. The number of hydrogen-bond acceptors (Lipinski definition) is 3. The van der Waals surface area contributed by atoms with Gasteiger partial charge in [0, 0.05) is 46.8 Å². The quantitative estimate of drug-likeness (QED) is 0.680. The van der Waals surface area contributed by atoms with Crippen LogP contribution in [0.25, 0.3) is 22.4 Å². The summed E-state index contributed by atoms with van der Waals surface area (Å²) in [5.74, 6) is 0. The fraction of sp³-hybridized carbons (Fsp3) is 0.0625.